The average molecular weight is 332 g/mol. The summed E-state index contributed by atoms with van der Waals surface area (Å²) in [5, 5.41) is 11.8. The number of phenolic OH excluding ortho intramolecular Hbond substituents is 1. The molecule has 0 unspecified atom stereocenters. The summed E-state index contributed by atoms with van der Waals surface area (Å²) in [6.45, 7) is 0.145. The minimum absolute atomic E-state index is 0.0989. The van der Waals surface area contributed by atoms with Gasteiger partial charge in [0.1, 0.15) is 11.6 Å². The van der Waals surface area contributed by atoms with Crippen LogP contribution in [0.1, 0.15) is 5.56 Å². The lowest BCUT2D eigenvalue weighted by Gasteiger charge is -2.09. The van der Waals surface area contributed by atoms with Gasteiger partial charge in [0.25, 0.3) is 0 Å². The van der Waals surface area contributed by atoms with E-state index in [9.17, 15) is 13.2 Å². The van der Waals surface area contributed by atoms with Crippen molar-refractivity contribution >= 4 is 21.6 Å². The third-order valence-electron chi connectivity index (χ3n) is 2.51. The van der Waals surface area contributed by atoms with Crippen molar-refractivity contribution in [2.24, 2.45) is 0 Å². The molecule has 0 amide bonds. The van der Waals surface area contributed by atoms with Gasteiger partial charge in [-0.1, -0.05) is 6.07 Å². The Kier molecular flexibility index (Phi) is 3.99. The van der Waals surface area contributed by atoms with Gasteiger partial charge in [0.15, 0.2) is 11.6 Å². The first-order chi connectivity index (χ1) is 8.97. The quantitative estimate of drug-likeness (QED) is 0.827. The van der Waals surface area contributed by atoms with Crippen molar-refractivity contribution in [1.82, 2.24) is 0 Å². The Balaban J connectivity index is 2.14. The van der Waals surface area contributed by atoms with Crippen LogP contribution in [0.5, 0.6) is 5.75 Å². The molecule has 6 heteroatoms. The fraction of sp³-hybridized carbons (Fsp3) is 0.0769. The van der Waals surface area contributed by atoms with Crippen LogP contribution >= 0.6 is 15.9 Å². The Morgan fingerprint density at radius 1 is 1.00 bits per heavy atom. The summed E-state index contributed by atoms with van der Waals surface area (Å²) in [5.74, 6) is -2.63. The van der Waals surface area contributed by atoms with Gasteiger partial charge in [0, 0.05) is 12.6 Å². The Morgan fingerprint density at radius 2 is 1.74 bits per heavy atom. The first kappa shape index (κ1) is 13.7. The molecular formula is C13H9BrF3NO. The van der Waals surface area contributed by atoms with Crippen LogP contribution in [0.25, 0.3) is 0 Å². The third-order valence-corrected chi connectivity index (χ3v) is 3.11. The zero-order chi connectivity index (χ0) is 14.0. The SMILES string of the molecule is Oc1ccc(CNc2cc(Br)c(F)cc2F)cc1F. The summed E-state index contributed by atoms with van der Waals surface area (Å²) in [7, 11) is 0. The lowest BCUT2D eigenvalue weighted by atomic mass is 10.2. The lowest BCUT2D eigenvalue weighted by Crippen LogP contribution is -2.02. The highest BCUT2D eigenvalue weighted by atomic mass is 79.9. The number of aromatic hydroxyl groups is 1. The van der Waals surface area contributed by atoms with Crippen molar-refractivity contribution in [1.29, 1.82) is 0 Å². The monoisotopic (exact) mass is 331 g/mol. The molecule has 2 aromatic carbocycles. The van der Waals surface area contributed by atoms with E-state index in [1.165, 1.54) is 18.2 Å². The van der Waals surface area contributed by atoms with Gasteiger partial charge in [-0.2, -0.15) is 0 Å². The molecule has 100 valence electrons. The molecule has 0 saturated carbocycles. The molecule has 2 rings (SSSR count). The van der Waals surface area contributed by atoms with E-state index in [0.29, 0.717) is 5.56 Å². The molecule has 0 aliphatic rings. The van der Waals surface area contributed by atoms with Crippen molar-refractivity contribution in [3.63, 3.8) is 0 Å². The molecule has 0 aliphatic heterocycles. The van der Waals surface area contributed by atoms with Crippen LogP contribution in [-0.2, 0) is 6.54 Å². The van der Waals surface area contributed by atoms with Gasteiger partial charge in [0.05, 0.1) is 10.2 Å². The van der Waals surface area contributed by atoms with Crippen molar-refractivity contribution in [3.05, 3.63) is 57.8 Å². The molecule has 2 aromatic rings. The number of phenols is 1. The Morgan fingerprint density at radius 3 is 2.42 bits per heavy atom. The van der Waals surface area contributed by atoms with E-state index in [1.807, 2.05) is 0 Å². The molecule has 0 aliphatic carbocycles. The predicted octanol–water partition coefficient (Wildman–Crippen LogP) is 4.18. The topological polar surface area (TPSA) is 32.3 Å². The van der Waals surface area contributed by atoms with Crippen LogP contribution in [0.15, 0.2) is 34.8 Å². The predicted molar refractivity (Wildman–Crippen MR) is 69.4 cm³/mol. The highest BCUT2D eigenvalue weighted by molar-refractivity contribution is 9.10. The van der Waals surface area contributed by atoms with Gasteiger partial charge in [-0.25, -0.2) is 13.2 Å². The van der Waals surface area contributed by atoms with E-state index < -0.39 is 23.2 Å². The second-order valence-electron chi connectivity index (χ2n) is 3.89. The Bertz CT molecular complexity index is 619. The molecule has 2 nitrogen and oxygen atoms in total. The van der Waals surface area contributed by atoms with Gasteiger partial charge in [-0.3, -0.25) is 0 Å². The Hall–Kier alpha value is -1.69. The normalized spacial score (nSPS) is 10.5. The summed E-state index contributed by atoms with van der Waals surface area (Å²) < 4.78 is 39.7. The second kappa shape index (κ2) is 5.52. The number of anilines is 1. The van der Waals surface area contributed by atoms with E-state index in [4.69, 9.17) is 5.11 Å². The molecular weight excluding hydrogens is 323 g/mol. The van der Waals surface area contributed by atoms with Gasteiger partial charge in [-0.15, -0.1) is 0 Å². The highest BCUT2D eigenvalue weighted by Crippen LogP contribution is 2.24. The van der Waals surface area contributed by atoms with E-state index in [-0.39, 0.29) is 16.7 Å². The van der Waals surface area contributed by atoms with Crippen LogP contribution < -0.4 is 5.32 Å². The molecule has 0 bridgehead atoms. The maximum Gasteiger partial charge on any atom is 0.165 e. The molecule has 0 radical (unpaired) electrons. The van der Waals surface area contributed by atoms with Crippen LogP contribution in [0.2, 0.25) is 0 Å². The van der Waals surface area contributed by atoms with Gasteiger partial charge >= 0.3 is 0 Å². The first-order valence-electron chi connectivity index (χ1n) is 5.33. The van der Waals surface area contributed by atoms with Gasteiger partial charge in [0.2, 0.25) is 0 Å². The van der Waals surface area contributed by atoms with Crippen molar-refractivity contribution in [3.8, 4) is 5.75 Å². The number of rotatable bonds is 3. The zero-order valence-corrected chi connectivity index (χ0v) is 11.1. The van der Waals surface area contributed by atoms with Crippen LogP contribution in [0.4, 0.5) is 18.9 Å². The summed E-state index contributed by atoms with van der Waals surface area (Å²) in [4.78, 5) is 0. The Labute approximate surface area is 116 Å². The summed E-state index contributed by atoms with van der Waals surface area (Å²) in [6.07, 6.45) is 0. The molecule has 0 aromatic heterocycles. The van der Waals surface area contributed by atoms with E-state index >= 15 is 0 Å². The smallest absolute Gasteiger partial charge is 0.165 e. The maximum atomic E-state index is 13.4. The number of halogens is 4. The van der Waals surface area contributed by atoms with E-state index in [1.54, 1.807) is 0 Å². The largest absolute Gasteiger partial charge is 0.505 e. The van der Waals surface area contributed by atoms with E-state index in [2.05, 4.69) is 21.2 Å². The minimum Gasteiger partial charge on any atom is -0.505 e. The standard InChI is InChI=1S/C13H9BrF3NO/c14-8-4-12(10(16)5-9(8)15)18-6-7-1-2-13(19)11(17)3-7/h1-5,18-19H,6H2. The van der Waals surface area contributed by atoms with Crippen LogP contribution in [0, 0.1) is 17.5 Å². The van der Waals surface area contributed by atoms with Crippen LogP contribution in [0.3, 0.4) is 0 Å². The molecule has 0 saturated heterocycles. The fourth-order valence-corrected chi connectivity index (χ4v) is 1.86. The number of benzene rings is 2. The minimum atomic E-state index is -0.750. The highest BCUT2D eigenvalue weighted by Gasteiger charge is 2.08. The number of hydrogen-bond donors (Lipinski definition) is 2. The average Bonchev–Trinajstić information content (AvgIpc) is 2.36. The summed E-state index contributed by atoms with van der Waals surface area (Å²) in [6, 6.07) is 5.87. The van der Waals surface area contributed by atoms with Gasteiger partial charge < -0.3 is 10.4 Å². The zero-order valence-electron chi connectivity index (χ0n) is 9.55. The molecule has 0 spiro atoms. The molecule has 19 heavy (non-hydrogen) atoms. The summed E-state index contributed by atoms with van der Waals surface area (Å²) >= 11 is 2.95. The van der Waals surface area contributed by atoms with Gasteiger partial charge in [-0.05, 0) is 39.7 Å². The third kappa shape index (κ3) is 3.20. The lowest BCUT2D eigenvalue weighted by molar-refractivity contribution is 0.432. The number of hydrogen-bond acceptors (Lipinski definition) is 2. The van der Waals surface area contributed by atoms with Crippen molar-refractivity contribution in [2.45, 2.75) is 6.54 Å². The second-order valence-corrected chi connectivity index (χ2v) is 4.74. The van der Waals surface area contributed by atoms with Crippen molar-refractivity contribution < 1.29 is 18.3 Å². The molecule has 0 heterocycles. The fourth-order valence-electron chi connectivity index (χ4n) is 1.52. The molecule has 0 fully saturated rings. The van der Waals surface area contributed by atoms with Crippen LogP contribution in [-0.4, -0.2) is 5.11 Å². The van der Waals surface area contributed by atoms with Crippen molar-refractivity contribution in [2.75, 3.05) is 5.32 Å². The molecule has 2 N–H and O–H groups in total. The summed E-state index contributed by atoms with van der Waals surface area (Å²) in [5.41, 5.74) is 0.622. The first-order valence-corrected chi connectivity index (χ1v) is 6.12. The van der Waals surface area contributed by atoms with E-state index in [0.717, 1.165) is 12.1 Å². The maximum absolute atomic E-state index is 13.4. The molecule has 0 atom stereocenters. The number of nitrogens with one attached hydrogen (secondary N) is 1.